The maximum Gasteiger partial charge on any atom is 0.312 e. The van der Waals surface area contributed by atoms with E-state index in [1.165, 1.54) is 26.2 Å². The number of benzene rings is 1. The summed E-state index contributed by atoms with van der Waals surface area (Å²) in [5.41, 5.74) is -1.06. The standard InChI is InChI=1S/C19H25FO5/c1-5-12-14(21)10-19(3,23)17(18(22)25-6-2)16(12)11-7-8-15(24-4)13(20)9-11/h7-9,12,16-17,23H,5-6,10H2,1-4H3. The van der Waals surface area contributed by atoms with Crippen molar-refractivity contribution in [2.75, 3.05) is 13.7 Å². The number of halogens is 1. The molecule has 0 amide bonds. The summed E-state index contributed by atoms with van der Waals surface area (Å²) in [6, 6.07) is 4.37. The SMILES string of the molecule is CCOC(=O)C1C(c2ccc(OC)c(F)c2)C(CC)C(=O)CC1(C)O. The van der Waals surface area contributed by atoms with Crippen LogP contribution >= 0.6 is 0 Å². The van der Waals surface area contributed by atoms with Gasteiger partial charge < -0.3 is 14.6 Å². The molecular weight excluding hydrogens is 327 g/mol. The second kappa shape index (κ2) is 7.52. The van der Waals surface area contributed by atoms with Gasteiger partial charge in [0.05, 0.1) is 25.2 Å². The number of methoxy groups -OCH3 is 1. The average molecular weight is 352 g/mol. The third-order valence-electron chi connectivity index (χ3n) is 4.95. The Bertz CT molecular complexity index is 655. The van der Waals surface area contributed by atoms with Gasteiger partial charge in [-0.1, -0.05) is 13.0 Å². The molecule has 0 aromatic heterocycles. The lowest BCUT2D eigenvalue weighted by atomic mass is 9.61. The van der Waals surface area contributed by atoms with E-state index < -0.39 is 35.1 Å². The van der Waals surface area contributed by atoms with Crippen LogP contribution in [0.25, 0.3) is 0 Å². The summed E-state index contributed by atoms with van der Waals surface area (Å²) in [4.78, 5) is 25.1. The number of carbonyl (C=O) groups is 2. The quantitative estimate of drug-likeness (QED) is 0.825. The first-order chi connectivity index (χ1) is 11.8. The fourth-order valence-corrected chi connectivity index (χ4v) is 3.84. The maximum atomic E-state index is 14.2. The third kappa shape index (κ3) is 3.68. The Kier molecular flexibility index (Phi) is 5.83. The van der Waals surface area contributed by atoms with Crippen molar-refractivity contribution < 1.29 is 28.6 Å². The van der Waals surface area contributed by atoms with E-state index in [0.717, 1.165) is 0 Å². The van der Waals surface area contributed by atoms with E-state index in [2.05, 4.69) is 0 Å². The second-order valence-corrected chi connectivity index (χ2v) is 6.66. The average Bonchev–Trinajstić information content (AvgIpc) is 2.53. The van der Waals surface area contributed by atoms with Crippen molar-refractivity contribution >= 4 is 11.8 Å². The summed E-state index contributed by atoms with van der Waals surface area (Å²) >= 11 is 0. The number of hydrogen-bond donors (Lipinski definition) is 1. The molecule has 138 valence electrons. The number of aliphatic hydroxyl groups is 1. The van der Waals surface area contributed by atoms with Gasteiger partial charge in [-0.2, -0.15) is 0 Å². The molecule has 0 saturated heterocycles. The van der Waals surface area contributed by atoms with Gasteiger partial charge in [0.2, 0.25) is 0 Å². The minimum atomic E-state index is -1.55. The molecule has 0 aliphatic heterocycles. The molecule has 0 radical (unpaired) electrons. The van der Waals surface area contributed by atoms with Crippen LogP contribution in [0.15, 0.2) is 18.2 Å². The summed E-state index contributed by atoms with van der Waals surface area (Å²) < 4.78 is 24.3. The van der Waals surface area contributed by atoms with Crippen molar-refractivity contribution in [3.63, 3.8) is 0 Å². The Labute approximate surface area is 147 Å². The monoisotopic (exact) mass is 352 g/mol. The normalized spacial score (nSPS) is 29.4. The van der Waals surface area contributed by atoms with Crippen LogP contribution in [0.5, 0.6) is 5.75 Å². The van der Waals surface area contributed by atoms with Crippen molar-refractivity contribution in [1.82, 2.24) is 0 Å². The van der Waals surface area contributed by atoms with Crippen LogP contribution in [0.2, 0.25) is 0 Å². The fourth-order valence-electron chi connectivity index (χ4n) is 3.84. The zero-order valence-electron chi connectivity index (χ0n) is 15.0. The van der Waals surface area contributed by atoms with E-state index in [4.69, 9.17) is 9.47 Å². The summed E-state index contributed by atoms with van der Waals surface area (Å²) in [6.07, 6.45) is 0.368. The first-order valence-electron chi connectivity index (χ1n) is 8.51. The Morgan fingerprint density at radius 3 is 2.60 bits per heavy atom. The Morgan fingerprint density at radius 1 is 1.40 bits per heavy atom. The summed E-state index contributed by atoms with van der Waals surface area (Å²) in [6.45, 7) is 5.16. The molecule has 0 bridgehead atoms. The van der Waals surface area contributed by atoms with Crippen LogP contribution < -0.4 is 4.74 Å². The zero-order chi connectivity index (χ0) is 18.8. The van der Waals surface area contributed by atoms with Crippen molar-refractivity contribution in [1.29, 1.82) is 0 Å². The highest BCUT2D eigenvalue weighted by Gasteiger charge is 2.53. The Hall–Kier alpha value is -1.95. The van der Waals surface area contributed by atoms with Gasteiger partial charge in [0, 0.05) is 18.3 Å². The molecular formula is C19H25FO5. The highest BCUT2D eigenvalue weighted by molar-refractivity contribution is 5.88. The van der Waals surface area contributed by atoms with Crippen LogP contribution in [-0.2, 0) is 14.3 Å². The Morgan fingerprint density at radius 2 is 2.08 bits per heavy atom. The van der Waals surface area contributed by atoms with Crippen molar-refractivity contribution in [2.45, 2.75) is 45.1 Å². The minimum absolute atomic E-state index is 0.0818. The lowest BCUT2D eigenvalue weighted by Gasteiger charge is -2.44. The number of carbonyl (C=O) groups excluding carboxylic acids is 2. The first-order valence-corrected chi connectivity index (χ1v) is 8.51. The van der Waals surface area contributed by atoms with Gasteiger partial charge in [-0.25, -0.2) is 4.39 Å². The molecule has 1 aromatic rings. The molecule has 1 N–H and O–H groups in total. The number of Topliss-reactive ketones (excluding diaryl/α,β-unsaturated/α-hetero) is 1. The van der Waals surface area contributed by atoms with Gasteiger partial charge in [0.15, 0.2) is 11.6 Å². The number of rotatable bonds is 5. The molecule has 1 saturated carbocycles. The minimum Gasteiger partial charge on any atom is -0.494 e. The van der Waals surface area contributed by atoms with Gasteiger partial charge in [-0.05, 0) is 38.0 Å². The Balaban J connectivity index is 2.57. The molecule has 2 rings (SSSR count). The number of ketones is 1. The first kappa shape index (κ1) is 19.4. The topological polar surface area (TPSA) is 72.8 Å². The van der Waals surface area contributed by atoms with E-state index in [-0.39, 0.29) is 24.6 Å². The van der Waals surface area contributed by atoms with Crippen LogP contribution in [0.1, 0.15) is 45.1 Å². The zero-order valence-corrected chi connectivity index (χ0v) is 15.0. The fraction of sp³-hybridized carbons (Fsp3) is 0.579. The lowest BCUT2D eigenvalue weighted by Crippen LogP contribution is -2.53. The smallest absolute Gasteiger partial charge is 0.312 e. The van der Waals surface area contributed by atoms with Crippen molar-refractivity contribution in [3.8, 4) is 5.75 Å². The molecule has 5 nitrogen and oxygen atoms in total. The van der Waals surface area contributed by atoms with Crippen LogP contribution in [0.4, 0.5) is 4.39 Å². The van der Waals surface area contributed by atoms with E-state index in [0.29, 0.717) is 12.0 Å². The maximum absolute atomic E-state index is 14.2. The highest BCUT2D eigenvalue weighted by Crippen LogP contribution is 2.47. The molecule has 25 heavy (non-hydrogen) atoms. The van der Waals surface area contributed by atoms with Crippen LogP contribution in [-0.4, -0.2) is 36.2 Å². The third-order valence-corrected chi connectivity index (χ3v) is 4.95. The molecule has 1 aliphatic carbocycles. The molecule has 4 unspecified atom stereocenters. The lowest BCUT2D eigenvalue weighted by molar-refractivity contribution is -0.167. The molecule has 1 fully saturated rings. The highest BCUT2D eigenvalue weighted by atomic mass is 19.1. The molecule has 4 atom stereocenters. The van der Waals surface area contributed by atoms with Crippen molar-refractivity contribution in [3.05, 3.63) is 29.6 Å². The summed E-state index contributed by atoms with van der Waals surface area (Å²) in [7, 11) is 1.36. The second-order valence-electron chi connectivity index (χ2n) is 6.66. The van der Waals surface area contributed by atoms with Crippen LogP contribution in [0.3, 0.4) is 0 Å². The number of hydrogen-bond acceptors (Lipinski definition) is 5. The van der Waals surface area contributed by atoms with Crippen molar-refractivity contribution in [2.24, 2.45) is 11.8 Å². The molecule has 0 heterocycles. The molecule has 1 aromatic carbocycles. The van der Waals surface area contributed by atoms with E-state index in [1.807, 2.05) is 6.92 Å². The molecule has 1 aliphatic rings. The van der Waals surface area contributed by atoms with Gasteiger partial charge in [0.1, 0.15) is 5.78 Å². The van der Waals surface area contributed by atoms with Gasteiger partial charge >= 0.3 is 5.97 Å². The van der Waals surface area contributed by atoms with Gasteiger partial charge in [0.25, 0.3) is 0 Å². The number of esters is 1. The van der Waals surface area contributed by atoms with E-state index in [1.54, 1.807) is 13.0 Å². The number of ether oxygens (including phenoxy) is 2. The van der Waals surface area contributed by atoms with E-state index >= 15 is 0 Å². The largest absolute Gasteiger partial charge is 0.494 e. The van der Waals surface area contributed by atoms with E-state index in [9.17, 15) is 19.1 Å². The predicted octanol–water partition coefficient (Wildman–Crippen LogP) is 2.85. The summed E-state index contributed by atoms with van der Waals surface area (Å²) in [5.74, 6) is -3.27. The predicted molar refractivity (Wildman–Crippen MR) is 89.8 cm³/mol. The van der Waals surface area contributed by atoms with Gasteiger partial charge in [-0.3, -0.25) is 9.59 Å². The summed E-state index contributed by atoms with van der Waals surface area (Å²) in [5, 5.41) is 10.8. The molecule has 0 spiro atoms. The van der Waals surface area contributed by atoms with Gasteiger partial charge in [-0.15, -0.1) is 0 Å². The van der Waals surface area contributed by atoms with Crippen LogP contribution in [0, 0.1) is 17.7 Å². The molecule has 6 heteroatoms.